The van der Waals surface area contributed by atoms with Crippen molar-refractivity contribution in [1.29, 1.82) is 0 Å². The normalized spacial score (nSPS) is 16.8. The zero-order chi connectivity index (χ0) is 13.8. The third-order valence-electron chi connectivity index (χ3n) is 3.93. The van der Waals surface area contributed by atoms with Crippen molar-refractivity contribution in [3.8, 4) is 0 Å². The number of thiazole rings is 1. The Kier molecular flexibility index (Phi) is 4.97. The molecule has 3 nitrogen and oxygen atoms in total. The minimum atomic E-state index is 0.315. The molecular formula is C15H24N2OS. The number of hydrogen-bond donors (Lipinski definition) is 0. The summed E-state index contributed by atoms with van der Waals surface area (Å²) in [5, 5.41) is 1.04. The van der Waals surface area contributed by atoms with E-state index in [1.165, 1.54) is 32.1 Å². The van der Waals surface area contributed by atoms with Crippen molar-refractivity contribution in [3.63, 3.8) is 0 Å². The van der Waals surface area contributed by atoms with E-state index in [0.717, 1.165) is 28.5 Å². The van der Waals surface area contributed by atoms with Crippen LogP contribution in [0.4, 0.5) is 5.13 Å². The van der Waals surface area contributed by atoms with Gasteiger partial charge in [0.15, 0.2) is 11.4 Å². The molecule has 0 aromatic carbocycles. The van der Waals surface area contributed by atoms with Crippen molar-refractivity contribution in [1.82, 2.24) is 4.98 Å². The number of rotatable bonds is 5. The first-order valence-electron chi connectivity index (χ1n) is 7.39. The maximum absolute atomic E-state index is 11.2. The lowest BCUT2D eigenvalue weighted by Gasteiger charge is -2.33. The predicted molar refractivity (Wildman–Crippen MR) is 81.5 cm³/mol. The zero-order valence-electron chi connectivity index (χ0n) is 12.2. The number of hydrogen-bond acceptors (Lipinski definition) is 4. The molecule has 0 amide bonds. The van der Waals surface area contributed by atoms with Gasteiger partial charge in [-0.05, 0) is 25.7 Å². The van der Waals surface area contributed by atoms with Crippen LogP contribution in [0.25, 0.3) is 0 Å². The molecule has 19 heavy (non-hydrogen) atoms. The van der Waals surface area contributed by atoms with Crippen LogP contribution in [0.2, 0.25) is 0 Å². The van der Waals surface area contributed by atoms with E-state index in [4.69, 9.17) is 4.98 Å². The Hall–Kier alpha value is -0.900. The molecule has 1 saturated carbocycles. The Morgan fingerprint density at radius 1 is 1.37 bits per heavy atom. The molecule has 0 bridgehead atoms. The molecule has 0 atom stereocenters. The molecule has 1 heterocycles. The first-order chi connectivity index (χ1) is 9.17. The van der Waals surface area contributed by atoms with Crippen molar-refractivity contribution in [3.05, 3.63) is 10.6 Å². The third kappa shape index (κ3) is 3.16. The summed E-state index contributed by atoms with van der Waals surface area (Å²) in [5.41, 5.74) is 0.962. The second-order valence-electron chi connectivity index (χ2n) is 5.60. The number of aromatic nitrogens is 1. The van der Waals surface area contributed by atoms with Crippen LogP contribution in [-0.4, -0.2) is 23.9 Å². The van der Waals surface area contributed by atoms with Crippen LogP contribution in [-0.2, 0) is 0 Å². The lowest BCUT2D eigenvalue weighted by molar-refractivity contribution is 0.112. The van der Waals surface area contributed by atoms with Gasteiger partial charge in [0.25, 0.3) is 0 Å². The van der Waals surface area contributed by atoms with Crippen LogP contribution >= 0.6 is 11.3 Å². The molecule has 2 rings (SSSR count). The molecule has 1 aliphatic carbocycles. The number of anilines is 1. The van der Waals surface area contributed by atoms with Gasteiger partial charge in [-0.3, -0.25) is 4.79 Å². The average molecular weight is 280 g/mol. The van der Waals surface area contributed by atoms with Crippen LogP contribution in [0.15, 0.2) is 0 Å². The number of carbonyl (C=O) groups excluding carboxylic acids is 1. The topological polar surface area (TPSA) is 33.2 Å². The quantitative estimate of drug-likeness (QED) is 0.756. The third-order valence-corrected chi connectivity index (χ3v) is 4.96. The molecule has 0 saturated heterocycles. The van der Waals surface area contributed by atoms with Crippen LogP contribution in [0.5, 0.6) is 0 Å². The highest BCUT2D eigenvalue weighted by atomic mass is 32.1. The smallest absolute Gasteiger partial charge is 0.186 e. The second-order valence-corrected chi connectivity index (χ2v) is 6.61. The van der Waals surface area contributed by atoms with Gasteiger partial charge < -0.3 is 4.90 Å². The highest BCUT2D eigenvalue weighted by Crippen LogP contribution is 2.33. The highest BCUT2D eigenvalue weighted by Gasteiger charge is 2.24. The van der Waals surface area contributed by atoms with E-state index in [2.05, 4.69) is 25.7 Å². The minimum absolute atomic E-state index is 0.315. The summed E-state index contributed by atoms with van der Waals surface area (Å²) in [4.78, 5) is 19.1. The maximum Gasteiger partial charge on any atom is 0.186 e. The van der Waals surface area contributed by atoms with Crippen molar-refractivity contribution in [2.24, 2.45) is 0 Å². The molecule has 0 N–H and O–H groups in total. The fraction of sp³-hybridized carbons (Fsp3) is 0.733. The number of carbonyl (C=O) groups is 1. The first-order valence-corrected chi connectivity index (χ1v) is 8.21. The van der Waals surface area contributed by atoms with Crippen LogP contribution in [0.3, 0.4) is 0 Å². The Labute approximate surface area is 120 Å². The summed E-state index contributed by atoms with van der Waals surface area (Å²) in [6.07, 6.45) is 7.50. The summed E-state index contributed by atoms with van der Waals surface area (Å²) >= 11 is 1.56. The van der Waals surface area contributed by atoms with Crippen LogP contribution in [0, 0.1) is 0 Å². The zero-order valence-corrected chi connectivity index (χ0v) is 13.0. The minimum Gasteiger partial charge on any atom is -0.345 e. The average Bonchev–Trinajstić information content (AvgIpc) is 2.85. The SMILES string of the molecule is CCN(c1nc(C(C)C)c(C=O)s1)C1CCCCC1. The lowest BCUT2D eigenvalue weighted by Crippen LogP contribution is -2.36. The Balaban J connectivity index is 2.24. The maximum atomic E-state index is 11.2. The van der Waals surface area contributed by atoms with E-state index < -0.39 is 0 Å². The van der Waals surface area contributed by atoms with Gasteiger partial charge in [-0.15, -0.1) is 0 Å². The van der Waals surface area contributed by atoms with Gasteiger partial charge >= 0.3 is 0 Å². The van der Waals surface area contributed by atoms with Gasteiger partial charge in [-0.1, -0.05) is 44.4 Å². The van der Waals surface area contributed by atoms with Crippen LogP contribution < -0.4 is 4.90 Å². The summed E-state index contributed by atoms with van der Waals surface area (Å²) in [6.45, 7) is 7.37. The predicted octanol–water partition coefficient (Wildman–Crippen LogP) is 4.24. The van der Waals surface area contributed by atoms with E-state index in [-0.39, 0.29) is 0 Å². The molecule has 106 valence electrons. The van der Waals surface area contributed by atoms with Crippen molar-refractivity contribution < 1.29 is 4.79 Å². The molecule has 1 aromatic heterocycles. The molecule has 1 fully saturated rings. The van der Waals surface area contributed by atoms with Gasteiger partial charge in [0.05, 0.1) is 10.6 Å². The molecule has 1 aromatic rings. The van der Waals surface area contributed by atoms with Gasteiger partial charge in [-0.2, -0.15) is 0 Å². The number of aldehydes is 1. The first kappa shape index (κ1) is 14.5. The van der Waals surface area contributed by atoms with E-state index in [1.807, 2.05) is 0 Å². The highest BCUT2D eigenvalue weighted by molar-refractivity contribution is 7.17. The Morgan fingerprint density at radius 2 is 2.05 bits per heavy atom. The largest absolute Gasteiger partial charge is 0.345 e. The standard InChI is InChI=1S/C15H24N2OS/c1-4-17(12-8-6-5-7-9-12)15-16-14(11(2)3)13(10-18)19-15/h10-12H,4-9H2,1-3H3. The molecule has 0 radical (unpaired) electrons. The molecule has 0 aliphatic heterocycles. The molecule has 4 heteroatoms. The summed E-state index contributed by atoms with van der Waals surface area (Å²) in [6, 6.07) is 0.615. The van der Waals surface area contributed by atoms with Gasteiger partial charge in [0.1, 0.15) is 0 Å². The van der Waals surface area contributed by atoms with Gasteiger partial charge in [0, 0.05) is 12.6 Å². The fourth-order valence-corrected chi connectivity index (χ4v) is 4.06. The fourth-order valence-electron chi connectivity index (χ4n) is 2.89. The number of nitrogens with zero attached hydrogens (tertiary/aromatic N) is 2. The summed E-state index contributed by atoms with van der Waals surface area (Å²) in [7, 11) is 0. The second kappa shape index (κ2) is 6.51. The molecule has 0 spiro atoms. The monoisotopic (exact) mass is 280 g/mol. The Morgan fingerprint density at radius 3 is 2.53 bits per heavy atom. The van der Waals surface area contributed by atoms with Crippen molar-refractivity contribution in [2.75, 3.05) is 11.4 Å². The summed E-state index contributed by atoms with van der Waals surface area (Å²) < 4.78 is 0. The molecule has 1 aliphatic rings. The van der Waals surface area contributed by atoms with Gasteiger partial charge in [0.2, 0.25) is 0 Å². The van der Waals surface area contributed by atoms with E-state index in [0.29, 0.717) is 12.0 Å². The van der Waals surface area contributed by atoms with Crippen molar-refractivity contribution >= 4 is 22.8 Å². The van der Waals surface area contributed by atoms with E-state index >= 15 is 0 Å². The van der Waals surface area contributed by atoms with E-state index in [1.54, 1.807) is 11.3 Å². The van der Waals surface area contributed by atoms with Crippen molar-refractivity contribution in [2.45, 2.75) is 64.8 Å². The summed E-state index contributed by atoms with van der Waals surface area (Å²) in [5.74, 6) is 0.315. The molecular weight excluding hydrogens is 256 g/mol. The van der Waals surface area contributed by atoms with E-state index in [9.17, 15) is 4.79 Å². The van der Waals surface area contributed by atoms with Crippen LogP contribution in [0.1, 0.15) is 74.2 Å². The Bertz CT molecular complexity index is 422. The van der Waals surface area contributed by atoms with Gasteiger partial charge in [-0.25, -0.2) is 4.98 Å². The lowest BCUT2D eigenvalue weighted by atomic mass is 9.94. The molecule has 0 unspecified atom stereocenters.